The van der Waals surface area contributed by atoms with Crippen LogP contribution in [0.5, 0.6) is 11.5 Å². The van der Waals surface area contributed by atoms with Gasteiger partial charge in [0.2, 0.25) is 0 Å². The maximum Gasteiger partial charge on any atom is 0.125 e. The highest BCUT2D eigenvalue weighted by Crippen LogP contribution is 2.26. The molecule has 0 unspecified atom stereocenters. The van der Waals surface area contributed by atoms with Gasteiger partial charge in [-0.05, 0) is 38.1 Å². The van der Waals surface area contributed by atoms with Crippen LogP contribution < -0.4 is 15.2 Å². The summed E-state index contributed by atoms with van der Waals surface area (Å²) < 4.78 is 11.2. The average Bonchev–Trinajstić information content (AvgIpc) is 2.40. The van der Waals surface area contributed by atoms with Crippen LogP contribution in [0.3, 0.4) is 0 Å². The van der Waals surface area contributed by atoms with E-state index in [-0.39, 0.29) is 0 Å². The zero-order chi connectivity index (χ0) is 13.8. The standard InChI is InChI=1S/C16H19NO2/c1-11-7-8-16(18-3)13(9-11)10-19-15-6-4-5-14(17)12(15)2/h4-9H,10,17H2,1-3H3. The number of benzene rings is 2. The number of hydrogen-bond acceptors (Lipinski definition) is 3. The Kier molecular flexibility index (Phi) is 3.95. The monoisotopic (exact) mass is 257 g/mol. The molecule has 0 aromatic heterocycles. The summed E-state index contributed by atoms with van der Waals surface area (Å²) in [5.41, 5.74) is 9.79. The molecule has 0 atom stereocenters. The third-order valence-corrected chi connectivity index (χ3v) is 3.15. The van der Waals surface area contributed by atoms with Crippen molar-refractivity contribution in [3.63, 3.8) is 0 Å². The second kappa shape index (κ2) is 5.65. The molecular formula is C16H19NO2. The second-order valence-electron chi connectivity index (χ2n) is 4.57. The number of methoxy groups -OCH3 is 1. The fraction of sp³-hybridized carbons (Fsp3) is 0.250. The number of nitrogen functional groups attached to an aromatic ring is 1. The van der Waals surface area contributed by atoms with Crippen molar-refractivity contribution in [1.82, 2.24) is 0 Å². The predicted octanol–water partition coefficient (Wildman–Crippen LogP) is 3.47. The first kappa shape index (κ1) is 13.3. The van der Waals surface area contributed by atoms with Crippen molar-refractivity contribution in [3.8, 4) is 11.5 Å². The maximum atomic E-state index is 5.87. The van der Waals surface area contributed by atoms with Crippen LogP contribution in [0.15, 0.2) is 36.4 Å². The van der Waals surface area contributed by atoms with Crippen LogP contribution >= 0.6 is 0 Å². The Hall–Kier alpha value is -2.16. The number of ether oxygens (including phenoxy) is 2. The van der Waals surface area contributed by atoms with Crippen molar-refractivity contribution < 1.29 is 9.47 Å². The molecule has 2 N–H and O–H groups in total. The highest BCUT2D eigenvalue weighted by atomic mass is 16.5. The van der Waals surface area contributed by atoms with Crippen molar-refractivity contribution in [2.24, 2.45) is 0 Å². The van der Waals surface area contributed by atoms with E-state index >= 15 is 0 Å². The molecular weight excluding hydrogens is 238 g/mol. The molecule has 0 radical (unpaired) electrons. The molecule has 0 bridgehead atoms. The van der Waals surface area contributed by atoms with Gasteiger partial charge in [0.15, 0.2) is 0 Å². The second-order valence-corrected chi connectivity index (χ2v) is 4.57. The fourth-order valence-electron chi connectivity index (χ4n) is 1.96. The normalized spacial score (nSPS) is 10.3. The summed E-state index contributed by atoms with van der Waals surface area (Å²) in [6.07, 6.45) is 0. The van der Waals surface area contributed by atoms with E-state index in [4.69, 9.17) is 15.2 Å². The first-order chi connectivity index (χ1) is 9.11. The molecule has 0 saturated heterocycles. The molecule has 2 rings (SSSR count). The minimum atomic E-state index is 0.467. The van der Waals surface area contributed by atoms with Gasteiger partial charge < -0.3 is 15.2 Å². The SMILES string of the molecule is COc1ccc(C)cc1COc1cccc(N)c1C. The highest BCUT2D eigenvalue weighted by Gasteiger charge is 2.06. The average molecular weight is 257 g/mol. The predicted molar refractivity (Wildman–Crippen MR) is 77.7 cm³/mol. The number of aryl methyl sites for hydroxylation is 1. The summed E-state index contributed by atoms with van der Waals surface area (Å²) in [4.78, 5) is 0. The van der Waals surface area contributed by atoms with Gasteiger partial charge in [-0.1, -0.05) is 17.7 Å². The Morgan fingerprint density at radius 3 is 2.58 bits per heavy atom. The fourth-order valence-corrected chi connectivity index (χ4v) is 1.96. The zero-order valence-corrected chi connectivity index (χ0v) is 11.6. The van der Waals surface area contributed by atoms with Crippen molar-refractivity contribution in [2.45, 2.75) is 20.5 Å². The lowest BCUT2D eigenvalue weighted by molar-refractivity contribution is 0.295. The van der Waals surface area contributed by atoms with Crippen LogP contribution in [0.25, 0.3) is 0 Å². The molecule has 19 heavy (non-hydrogen) atoms. The van der Waals surface area contributed by atoms with E-state index in [0.29, 0.717) is 6.61 Å². The van der Waals surface area contributed by atoms with Crippen LogP contribution in [0.4, 0.5) is 5.69 Å². The summed E-state index contributed by atoms with van der Waals surface area (Å²) in [6.45, 7) is 4.47. The van der Waals surface area contributed by atoms with E-state index in [1.165, 1.54) is 5.56 Å². The zero-order valence-electron chi connectivity index (χ0n) is 11.6. The minimum absolute atomic E-state index is 0.467. The Balaban J connectivity index is 2.18. The largest absolute Gasteiger partial charge is 0.496 e. The van der Waals surface area contributed by atoms with Crippen LogP contribution in [0.1, 0.15) is 16.7 Å². The molecule has 100 valence electrons. The topological polar surface area (TPSA) is 44.5 Å². The van der Waals surface area contributed by atoms with Crippen LogP contribution in [-0.2, 0) is 6.61 Å². The Morgan fingerprint density at radius 2 is 1.84 bits per heavy atom. The summed E-state index contributed by atoms with van der Waals surface area (Å²) in [5, 5.41) is 0. The molecule has 2 aromatic carbocycles. The van der Waals surface area contributed by atoms with Crippen LogP contribution in [0.2, 0.25) is 0 Å². The van der Waals surface area contributed by atoms with Crippen molar-refractivity contribution in [2.75, 3.05) is 12.8 Å². The van der Waals surface area contributed by atoms with E-state index in [1.807, 2.05) is 37.3 Å². The van der Waals surface area contributed by atoms with Gasteiger partial charge in [-0.25, -0.2) is 0 Å². The molecule has 0 aliphatic rings. The van der Waals surface area contributed by atoms with Crippen LogP contribution in [0, 0.1) is 13.8 Å². The lowest BCUT2D eigenvalue weighted by atomic mass is 10.1. The van der Waals surface area contributed by atoms with Gasteiger partial charge >= 0.3 is 0 Å². The lowest BCUT2D eigenvalue weighted by Crippen LogP contribution is -2.01. The first-order valence-electron chi connectivity index (χ1n) is 6.23. The molecule has 0 aliphatic carbocycles. The van der Waals surface area contributed by atoms with E-state index in [1.54, 1.807) is 7.11 Å². The molecule has 0 spiro atoms. The molecule has 0 heterocycles. The summed E-state index contributed by atoms with van der Waals surface area (Å²) in [6, 6.07) is 11.7. The van der Waals surface area contributed by atoms with Gasteiger partial charge in [0.05, 0.1) is 7.11 Å². The Labute approximate surface area is 114 Å². The van der Waals surface area contributed by atoms with E-state index in [2.05, 4.69) is 13.0 Å². The molecule has 3 heteroatoms. The third kappa shape index (κ3) is 2.99. The van der Waals surface area contributed by atoms with Crippen molar-refractivity contribution >= 4 is 5.69 Å². The van der Waals surface area contributed by atoms with Gasteiger partial charge in [0.1, 0.15) is 18.1 Å². The lowest BCUT2D eigenvalue weighted by Gasteiger charge is -2.13. The Morgan fingerprint density at radius 1 is 1.05 bits per heavy atom. The van der Waals surface area contributed by atoms with Gasteiger partial charge in [-0.15, -0.1) is 0 Å². The summed E-state index contributed by atoms with van der Waals surface area (Å²) >= 11 is 0. The molecule has 0 fully saturated rings. The number of hydrogen-bond donors (Lipinski definition) is 1. The van der Waals surface area contributed by atoms with Crippen molar-refractivity contribution in [3.05, 3.63) is 53.1 Å². The van der Waals surface area contributed by atoms with Gasteiger partial charge in [0.25, 0.3) is 0 Å². The Bertz CT molecular complexity index is 579. The van der Waals surface area contributed by atoms with Gasteiger partial charge in [-0.3, -0.25) is 0 Å². The van der Waals surface area contributed by atoms with Gasteiger partial charge in [-0.2, -0.15) is 0 Å². The molecule has 0 saturated carbocycles. The number of nitrogens with two attached hydrogens (primary N) is 1. The molecule has 0 amide bonds. The summed E-state index contributed by atoms with van der Waals surface area (Å²) in [7, 11) is 1.67. The summed E-state index contributed by atoms with van der Waals surface area (Å²) in [5.74, 6) is 1.65. The minimum Gasteiger partial charge on any atom is -0.496 e. The maximum absolute atomic E-state index is 5.87. The van der Waals surface area contributed by atoms with E-state index in [9.17, 15) is 0 Å². The van der Waals surface area contributed by atoms with Crippen molar-refractivity contribution in [1.29, 1.82) is 0 Å². The quantitative estimate of drug-likeness (QED) is 0.853. The van der Waals surface area contributed by atoms with Gasteiger partial charge in [0, 0.05) is 16.8 Å². The van der Waals surface area contributed by atoms with E-state index in [0.717, 1.165) is 28.3 Å². The van der Waals surface area contributed by atoms with Crippen LogP contribution in [-0.4, -0.2) is 7.11 Å². The number of anilines is 1. The molecule has 0 aliphatic heterocycles. The highest BCUT2D eigenvalue weighted by molar-refractivity contribution is 5.53. The smallest absolute Gasteiger partial charge is 0.125 e. The third-order valence-electron chi connectivity index (χ3n) is 3.15. The molecule has 3 nitrogen and oxygen atoms in total. The number of rotatable bonds is 4. The molecule has 2 aromatic rings. The first-order valence-corrected chi connectivity index (χ1v) is 6.23. The van der Waals surface area contributed by atoms with E-state index < -0.39 is 0 Å².